The number of carbonyl (C=O) groups excluding carboxylic acids is 2. The predicted molar refractivity (Wildman–Crippen MR) is 82.4 cm³/mol. The van der Waals surface area contributed by atoms with Gasteiger partial charge in [-0.15, -0.1) is 0 Å². The first kappa shape index (κ1) is 18.8. The maximum absolute atomic E-state index is 12.1. The monoisotopic (exact) mass is 280 g/mol. The van der Waals surface area contributed by atoms with E-state index in [2.05, 4.69) is 0 Å². The van der Waals surface area contributed by atoms with Crippen molar-refractivity contribution in [1.29, 1.82) is 0 Å². The van der Waals surface area contributed by atoms with Gasteiger partial charge in [0.15, 0.2) is 5.78 Å². The van der Waals surface area contributed by atoms with Gasteiger partial charge in [-0.2, -0.15) is 0 Å². The van der Waals surface area contributed by atoms with Crippen LogP contribution < -0.4 is 0 Å². The van der Waals surface area contributed by atoms with Crippen LogP contribution in [0.5, 0.6) is 0 Å². The molecule has 0 aromatic carbocycles. The second-order valence-corrected chi connectivity index (χ2v) is 7.34. The number of hydrogen-bond acceptors (Lipinski definition) is 3. The highest BCUT2D eigenvalue weighted by Gasteiger charge is 2.30. The fourth-order valence-corrected chi connectivity index (χ4v) is 1.77. The van der Waals surface area contributed by atoms with E-state index in [0.717, 1.165) is 0 Å². The average molecular weight is 280 g/mol. The first-order chi connectivity index (χ1) is 8.90. The molecule has 0 fully saturated rings. The molecule has 0 radical (unpaired) electrons. The van der Waals surface area contributed by atoms with Crippen LogP contribution in [0.3, 0.4) is 0 Å². The van der Waals surface area contributed by atoms with Gasteiger partial charge in [0, 0.05) is 5.92 Å². The first-order valence-corrected chi connectivity index (χ1v) is 6.97. The van der Waals surface area contributed by atoms with Gasteiger partial charge in [0.25, 0.3) is 0 Å². The number of aldehydes is 1. The molecule has 0 rings (SSSR count). The molecule has 0 saturated carbocycles. The number of hydrogen-bond donors (Lipinski definition) is 1. The second-order valence-electron chi connectivity index (χ2n) is 7.34. The molecule has 1 unspecified atom stereocenters. The van der Waals surface area contributed by atoms with Gasteiger partial charge in [-0.3, -0.25) is 9.59 Å². The van der Waals surface area contributed by atoms with Crippen LogP contribution in [0.25, 0.3) is 0 Å². The topological polar surface area (TPSA) is 54.4 Å². The summed E-state index contributed by atoms with van der Waals surface area (Å²) in [7, 11) is 0. The molecule has 2 atom stereocenters. The van der Waals surface area contributed by atoms with Gasteiger partial charge in [0.1, 0.15) is 6.29 Å². The Balaban J connectivity index is 5.14. The number of aliphatic hydroxyl groups excluding tert-OH is 1. The van der Waals surface area contributed by atoms with Crippen LogP contribution in [-0.4, -0.2) is 23.3 Å². The molecule has 0 saturated heterocycles. The van der Waals surface area contributed by atoms with E-state index in [4.69, 9.17) is 0 Å². The van der Waals surface area contributed by atoms with Gasteiger partial charge >= 0.3 is 0 Å². The largest absolute Gasteiger partial charge is 0.388 e. The minimum Gasteiger partial charge on any atom is -0.388 e. The van der Waals surface area contributed by atoms with Gasteiger partial charge in [-0.25, -0.2) is 0 Å². The Labute approximate surface area is 122 Å². The highest BCUT2D eigenvalue weighted by Crippen LogP contribution is 2.31. The molecule has 3 heteroatoms. The maximum Gasteiger partial charge on any atom is 0.161 e. The van der Waals surface area contributed by atoms with Gasteiger partial charge in [-0.05, 0) is 28.6 Å². The highest BCUT2D eigenvalue weighted by atomic mass is 16.3. The Bertz CT molecular complexity index is 403. The van der Waals surface area contributed by atoms with Gasteiger partial charge in [0.05, 0.1) is 6.10 Å². The minimum absolute atomic E-state index is 0.0776. The summed E-state index contributed by atoms with van der Waals surface area (Å²) in [5, 5.41) is 10.4. The van der Waals surface area contributed by atoms with E-state index >= 15 is 0 Å². The SMILES string of the molecule is C[C@@H](C(=O)/C=C/C(C)(C)C)C(O)/C(=C\C=O)C(C)(C)C. The lowest BCUT2D eigenvalue weighted by Gasteiger charge is -2.29. The molecule has 0 aromatic rings. The number of carbonyl (C=O) groups is 2. The third kappa shape index (κ3) is 6.29. The molecular formula is C17H28O3. The lowest BCUT2D eigenvalue weighted by molar-refractivity contribution is -0.120. The summed E-state index contributed by atoms with van der Waals surface area (Å²) in [4.78, 5) is 22.8. The zero-order chi connectivity index (χ0) is 16.1. The van der Waals surface area contributed by atoms with Crippen molar-refractivity contribution in [1.82, 2.24) is 0 Å². The molecule has 0 aliphatic rings. The van der Waals surface area contributed by atoms with Crippen LogP contribution in [0.2, 0.25) is 0 Å². The molecule has 114 valence electrons. The molecular weight excluding hydrogens is 252 g/mol. The Morgan fingerprint density at radius 2 is 1.60 bits per heavy atom. The molecule has 0 aliphatic heterocycles. The highest BCUT2D eigenvalue weighted by molar-refractivity contribution is 5.92. The predicted octanol–water partition coefficient (Wildman–Crippen LogP) is 3.33. The molecule has 1 N–H and O–H groups in total. The minimum atomic E-state index is -0.947. The third-order valence-corrected chi connectivity index (χ3v) is 3.10. The van der Waals surface area contributed by atoms with E-state index in [1.54, 1.807) is 6.92 Å². The lowest BCUT2D eigenvalue weighted by Crippen LogP contribution is -2.32. The van der Waals surface area contributed by atoms with E-state index in [-0.39, 0.29) is 16.6 Å². The number of aliphatic hydroxyl groups is 1. The van der Waals surface area contributed by atoms with Crippen molar-refractivity contribution in [3.8, 4) is 0 Å². The molecule has 0 amide bonds. The molecule has 0 aromatic heterocycles. The van der Waals surface area contributed by atoms with Crippen LogP contribution >= 0.6 is 0 Å². The first-order valence-electron chi connectivity index (χ1n) is 6.97. The van der Waals surface area contributed by atoms with Crippen LogP contribution in [0.15, 0.2) is 23.8 Å². The van der Waals surface area contributed by atoms with Crippen molar-refractivity contribution >= 4 is 12.1 Å². The fourth-order valence-electron chi connectivity index (χ4n) is 1.77. The van der Waals surface area contributed by atoms with Crippen molar-refractivity contribution < 1.29 is 14.7 Å². The smallest absolute Gasteiger partial charge is 0.161 e. The molecule has 20 heavy (non-hydrogen) atoms. The van der Waals surface area contributed by atoms with E-state index in [1.807, 2.05) is 47.6 Å². The van der Waals surface area contributed by atoms with Crippen molar-refractivity contribution in [3.05, 3.63) is 23.8 Å². The van der Waals surface area contributed by atoms with Crippen molar-refractivity contribution in [3.63, 3.8) is 0 Å². The summed E-state index contributed by atoms with van der Waals surface area (Å²) < 4.78 is 0. The Morgan fingerprint density at radius 3 is 1.95 bits per heavy atom. The summed E-state index contributed by atoms with van der Waals surface area (Å²) in [6, 6.07) is 0. The number of ketones is 1. The van der Waals surface area contributed by atoms with E-state index in [9.17, 15) is 14.7 Å². The van der Waals surface area contributed by atoms with Crippen LogP contribution in [-0.2, 0) is 9.59 Å². The standard InChI is InChI=1S/C17H28O3/c1-12(14(19)8-10-16(2,3)4)15(20)13(9-11-18)17(5,6)7/h8-12,15,20H,1-7H3/b10-8+,13-9+/t12-,15?/m0/s1. The average Bonchev–Trinajstić information content (AvgIpc) is 2.28. The molecule has 0 spiro atoms. The van der Waals surface area contributed by atoms with Crippen molar-refractivity contribution in [2.75, 3.05) is 0 Å². The Kier molecular flexibility index (Phi) is 6.55. The quantitative estimate of drug-likeness (QED) is 0.621. The molecule has 3 nitrogen and oxygen atoms in total. The van der Waals surface area contributed by atoms with E-state index < -0.39 is 12.0 Å². The van der Waals surface area contributed by atoms with Crippen molar-refractivity contribution in [2.45, 2.75) is 54.6 Å². The number of rotatable bonds is 5. The summed E-state index contributed by atoms with van der Waals surface area (Å²) in [6.07, 6.45) is 4.43. The molecule has 0 bridgehead atoms. The summed E-state index contributed by atoms with van der Waals surface area (Å²) in [6.45, 7) is 13.4. The van der Waals surface area contributed by atoms with Gasteiger partial charge in [-0.1, -0.05) is 54.5 Å². The van der Waals surface area contributed by atoms with E-state index in [0.29, 0.717) is 11.9 Å². The van der Waals surface area contributed by atoms with Crippen LogP contribution in [0.4, 0.5) is 0 Å². The lowest BCUT2D eigenvalue weighted by atomic mass is 9.78. The Hall–Kier alpha value is -1.22. The number of allylic oxidation sites excluding steroid dienone is 3. The zero-order valence-electron chi connectivity index (χ0n) is 13.7. The molecule has 0 aliphatic carbocycles. The fraction of sp³-hybridized carbons (Fsp3) is 0.647. The van der Waals surface area contributed by atoms with Gasteiger partial charge in [0.2, 0.25) is 0 Å². The second kappa shape index (κ2) is 6.98. The summed E-state index contributed by atoms with van der Waals surface area (Å²) >= 11 is 0. The zero-order valence-corrected chi connectivity index (χ0v) is 13.7. The summed E-state index contributed by atoms with van der Waals surface area (Å²) in [5.74, 6) is -0.701. The molecule has 0 heterocycles. The normalized spacial score (nSPS) is 17.1. The van der Waals surface area contributed by atoms with Crippen LogP contribution in [0.1, 0.15) is 48.5 Å². The summed E-state index contributed by atoms with van der Waals surface area (Å²) in [5.41, 5.74) is 0.145. The van der Waals surface area contributed by atoms with Crippen LogP contribution in [0, 0.1) is 16.7 Å². The Morgan fingerprint density at radius 1 is 1.10 bits per heavy atom. The third-order valence-electron chi connectivity index (χ3n) is 3.10. The van der Waals surface area contributed by atoms with E-state index in [1.165, 1.54) is 12.2 Å². The maximum atomic E-state index is 12.1. The van der Waals surface area contributed by atoms with Crippen molar-refractivity contribution in [2.24, 2.45) is 16.7 Å². The van der Waals surface area contributed by atoms with Gasteiger partial charge < -0.3 is 5.11 Å².